The molecule has 0 spiro atoms. The highest BCUT2D eigenvalue weighted by atomic mass is 16.1. The van der Waals surface area contributed by atoms with Gasteiger partial charge in [0.05, 0.1) is 12.0 Å². The van der Waals surface area contributed by atoms with E-state index < -0.39 is 5.92 Å². The molecule has 0 aromatic carbocycles. The van der Waals surface area contributed by atoms with Gasteiger partial charge in [-0.25, -0.2) is 0 Å². The minimum absolute atomic E-state index is 0.0704. The molecule has 1 N–H and O–H groups in total. The summed E-state index contributed by atoms with van der Waals surface area (Å²) in [6, 6.07) is 5.71. The van der Waals surface area contributed by atoms with Crippen molar-refractivity contribution in [3.8, 4) is 6.07 Å². The van der Waals surface area contributed by atoms with E-state index in [2.05, 4.69) is 30.2 Å². The average molecular weight is 245 g/mol. The maximum absolute atomic E-state index is 11.7. The van der Waals surface area contributed by atoms with E-state index in [1.165, 1.54) is 0 Å². The molecule has 1 rings (SSSR count). The fraction of sp³-hybridized carbons (Fsp3) is 0.500. The molecule has 4 nitrogen and oxygen atoms in total. The second kappa shape index (κ2) is 7.44. The fourth-order valence-corrected chi connectivity index (χ4v) is 1.59. The van der Waals surface area contributed by atoms with E-state index in [4.69, 9.17) is 5.26 Å². The topological polar surface area (TPSA) is 65.8 Å². The van der Waals surface area contributed by atoms with Crippen LogP contribution in [0.15, 0.2) is 24.5 Å². The summed E-state index contributed by atoms with van der Waals surface area (Å²) in [5.41, 5.74) is 0.839. The van der Waals surface area contributed by atoms with Gasteiger partial charge in [0.25, 0.3) is 0 Å². The molecule has 1 aromatic rings. The number of rotatable bonds is 6. The van der Waals surface area contributed by atoms with Gasteiger partial charge in [-0.05, 0) is 30.0 Å². The molecule has 1 aromatic heterocycles. The Labute approximate surface area is 108 Å². The molecule has 1 atom stereocenters. The van der Waals surface area contributed by atoms with Gasteiger partial charge < -0.3 is 5.32 Å². The molecule has 18 heavy (non-hydrogen) atoms. The number of hydrogen-bond acceptors (Lipinski definition) is 3. The Bertz CT molecular complexity index is 409. The van der Waals surface area contributed by atoms with Crippen molar-refractivity contribution in [2.45, 2.75) is 32.6 Å². The van der Waals surface area contributed by atoms with Crippen LogP contribution in [0.3, 0.4) is 0 Å². The third kappa shape index (κ3) is 4.96. The summed E-state index contributed by atoms with van der Waals surface area (Å²) < 4.78 is 0. The highest BCUT2D eigenvalue weighted by Gasteiger charge is 2.14. The van der Waals surface area contributed by atoms with E-state index in [1.54, 1.807) is 24.5 Å². The number of nitrogens with zero attached hydrogens (tertiary/aromatic N) is 2. The molecule has 0 radical (unpaired) electrons. The van der Waals surface area contributed by atoms with Crippen LogP contribution in [0.2, 0.25) is 0 Å². The molecule has 1 unspecified atom stereocenters. The largest absolute Gasteiger partial charge is 0.356 e. The summed E-state index contributed by atoms with van der Waals surface area (Å²) in [5, 5.41) is 11.9. The lowest BCUT2D eigenvalue weighted by Gasteiger charge is -2.10. The molecule has 1 amide bonds. The van der Waals surface area contributed by atoms with Crippen molar-refractivity contribution in [2.75, 3.05) is 6.54 Å². The van der Waals surface area contributed by atoms with Gasteiger partial charge in [0.15, 0.2) is 0 Å². The fourth-order valence-electron chi connectivity index (χ4n) is 1.59. The SMILES string of the molecule is CC(C)CCNC(=O)CC(C#N)c1ccncc1. The van der Waals surface area contributed by atoms with Gasteiger partial charge in [0.2, 0.25) is 5.91 Å². The van der Waals surface area contributed by atoms with E-state index in [1.807, 2.05) is 0 Å². The van der Waals surface area contributed by atoms with Crippen molar-refractivity contribution in [3.63, 3.8) is 0 Å². The van der Waals surface area contributed by atoms with Crippen LogP contribution < -0.4 is 5.32 Å². The third-order valence-electron chi connectivity index (χ3n) is 2.70. The van der Waals surface area contributed by atoms with Gasteiger partial charge >= 0.3 is 0 Å². The quantitative estimate of drug-likeness (QED) is 0.835. The minimum atomic E-state index is -0.396. The standard InChI is InChI=1S/C14H19N3O/c1-11(2)3-8-17-14(18)9-13(10-15)12-4-6-16-7-5-12/h4-7,11,13H,3,8-9H2,1-2H3,(H,17,18). The van der Waals surface area contributed by atoms with Crippen molar-refractivity contribution in [1.82, 2.24) is 10.3 Å². The van der Waals surface area contributed by atoms with Crippen LogP contribution in [0, 0.1) is 17.2 Å². The van der Waals surface area contributed by atoms with Crippen molar-refractivity contribution < 1.29 is 4.79 Å². The number of pyridine rings is 1. The van der Waals surface area contributed by atoms with Crippen molar-refractivity contribution in [3.05, 3.63) is 30.1 Å². The number of carbonyl (C=O) groups excluding carboxylic acids is 1. The molecule has 0 fully saturated rings. The number of nitriles is 1. The molecule has 0 bridgehead atoms. The van der Waals surface area contributed by atoms with Crippen LogP contribution >= 0.6 is 0 Å². The molecule has 0 aliphatic rings. The average Bonchev–Trinajstić information content (AvgIpc) is 2.36. The lowest BCUT2D eigenvalue weighted by atomic mass is 9.98. The van der Waals surface area contributed by atoms with Crippen LogP contribution in [0.4, 0.5) is 0 Å². The molecule has 4 heteroatoms. The number of nitrogens with one attached hydrogen (secondary N) is 1. The normalized spacial score (nSPS) is 11.9. The van der Waals surface area contributed by atoms with Crippen LogP contribution in [-0.2, 0) is 4.79 Å². The first-order valence-corrected chi connectivity index (χ1v) is 6.19. The van der Waals surface area contributed by atoms with Crippen LogP contribution in [-0.4, -0.2) is 17.4 Å². The summed E-state index contributed by atoms with van der Waals surface area (Å²) in [7, 11) is 0. The molecular formula is C14H19N3O. The molecule has 0 saturated carbocycles. The first-order valence-electron chi connectivity index (χ1n) is 6.19. The zero-order chi connectivity index (χ0) is 13.4. The molecule has 0 saturated heterocycles. The summed E-state index contributed by atoms with van der Waals surface area (Å²) in [6.45, 7) is 4.90. The Kier molecular flexibility index (Phi) is 5.86. The van der Waals surface area contributed by atoms with Gasteiger partial charge in [-0.3, -0.25) is 9.78 Å². The van der Waals surface area contributed by atoms with Gasteiger partial charge in [-0.2, -0.15) is 5.26 Å². The van der Waals surface area contributed by atoms with Gasteiger partial charge in [0.1, 0.15) is 0 Å². The van der Waals surface area contributed by atoms with E-state index in [-0.39, 0.29) is 12.3 Å². The van der Waals surface area contributed by atoms with Crippen LogP contribution in [0.1, 0.15) is 38.2 Å². The third-order valence-corrected chi connectivity index (χ3v) is 2.70. The van der Waals surface area contributed by atoms with Gasteiger partial charge in [-0.15, -0.1) is 0 Å². The van der Waals surface area contributed by atoms with Crippen LogP contribution in [0.5, 0.6) is 0 Å². The number of carbonyl (C=O) groups is 1. The molecule has 96 valence electrons. The first-order chi connectivity index (χ1) is 8.63. The monoisotopic (exact) mass is 245 g/mol. The Hall–Kier alpha value is -1.89. The lowest BCUT2D eigenvalue weighted by Crippen LogP contribution is -2.26. The Morgan fingerprint density at radius 2 is 2.11 bits per heavy atom. The second-order valence-corrected chi connectivity index (χ2v) is 4.70. The van der Waals surface area contributed by atoms with Crippen LogP contribution in [0.25, 0.3) is 0 Å². The van der Waals surface area contributed by atoms with Crippen molar-refractivity contribution in [1.29, 1.82) is 5.26 Å². The Morgan fingerprint density at radius 1 is 1.44 bits per heavy atom. The number of amides is 1. The zero-order valence-corrected chi connectivity index (χ0v) is 10.9. The zero-order valence-electron chi connectivity index (χ0n) is 10.9. The Balaban J connectivity index is 2.45. The lowest BCUT2D eigenvalue weighted by molar-refractivity contribution is -0.121. The summed E-state index contributed by atoms with van der Waals surface area (Å²) in [5.74, 6) is 0.100. The van der Waals surface area contributed by atoms with E-state index in [0.29, 0.717) is 12.5 Å². The summed E-state index contributed by atoms with van der Waals surface area (Å²) >= 11 is 0. The second-order valence-electron chi connectivity index (χ2n) is 4.70. The Morgan fingerprint density at radius 3 is 2.67 bits per heavy atom. The smallest absolute Gasteiger partial charge is 0.221 e. The predicted octanol–water partition coefficient (Wildman–Crippen LogP) is 2.24. The predicted molar refractivity (Wildman–Crippen MR) is 69.7 cm³/mol. The molecule has 1 heterocycles. The van der Waals surface area contributed by atoms with Crippen molar-refractivity contribution >= 4 is 5.91 Å². The molecule has 0 aliphatic carbocycles. The molecule has 0 aliphatic heterocycles. The summed E-state index contributed by atoms with van der Waals surface area (Å²) in [6.07, 6.45) is 4.43. The number of aromatic nitrogens is 1. The maximum Gasteiger partial charge on any atom is 0.221 e. The van der Waals surface area contributed by atoms with E-state index in [9.17, 15) is 4.79 Å². The minimum Gasteiger partial charge on any atom is -0.356 e. The first kappa shape index (κ1) is 14.2. The molecular weight excluding hydrogens is 226 g/mol. The van der Waals surface area contributed by atoms with Crippen molar-refractivity contribution in [2.24, 2.45) is 5.92 Å². The highest BCUT2D eigenvalue weighted by Crippen LogP contribution is 2.17. The summed E-state index contributed by atoms with van der Waals surface area (Å²) in [4.78, 5) is 15.6. The maximum atomic E-state index is 11.7. The number of hydrogen-bond donors (Lipinski definition) is 1. The highest BCUT2D eigenvalue weighted by molar-refractivity contribution is 5.77. The van der Waals surface area contributed by atoms with Gasteiger partial charge in [-0.1, -0.05) is 13.8 Å². The van der Waals surface area contributed by atoms with Gasteiger partial charge in [0, 0.05) is 25.4 Å². The van der Waals surface area contributed by atoms with E-state index >= 15 is 0 Å². The van der Waals surface area contributed by atoms with E-state index in [0.717, 1.165) is 12.0 Å².